The lowest BCUT2D eigenvalue weighted by Gasteiger charge is -2.34. The van der Waals surface area contributed by atoms with E-state index >= 15 is 0 Å². The molecule has 0 radical (unpaired) electrons. The summed E-state index contributed by atoms with van der Waals surface area (Å²) in [6, 6.07) is 9.41. The highest BCUT2D eigenvalue weighted by Gasteiger charge is 2.68. The van der Waals surface area contributed by atoms with Crippen molar-refractivity contribution in [1.29, 1.82) is 0 Å². The number of rotatable bonds is 3. The van der Waals surface area contributed by atoms with Gasteiger partial charge in [0.15, 0.2) is 5.78 Å². The summed E-state index contributed by atoms with van der Waals surface area (Å²) in [5, 5.41) is 0. The van der Waals surface area contributed by atoms with Crippen LogP contribution >= 0.6 is 0 Å². The van der Waals surface area contributed by atoms with Gasteiger partial charge >= 0.3 is 5.97 Å². The minimum Gasteiger partial charge on any atom is -0.460 e. The first-order chi connectivity index (χ1) is 10.8. The Labute approximate surface area is 136 Å². The molecule has 0 spiro atoms. The molecule has 0 N–H and O–H groups in total. The van der Waals surface area contributed by atoms with E-state index in [-0.39, 0.29) is 30.5 Å². The van der Waals surface area contributed by atoms with Crippen molar-refractivity contribution in [3.63, 3.8) is 0 Å². The molecule has 2 bridgehead atoms. The molecule has 0 saturated heterocycles. The van der Waals surface area contributed by atoms with Gasteiger partial charge in [0.2, 0.25) is 0 Å². The quantitative estimate of drug-likeness (QED) is 0.636. The molecule has 3 rings (SSSR count). The molecule has 0 amide bonds. The van der Waals surface area contributed by atoms with E-state index < -0.39 is 22.7 Å². The zero-order valence-corrected chi connectivity index (χ0v) is 13.8. The first kappa shape index (κ1) is 15.9. The number of esters is 1. The lowest BCUT2D eigenvalue weighted by atomic mass is 9.67. The number of hydrogen-bond acceptors (Lipinski definition) is 4. The van der Waals surface area contributed by atoms with Crippen molar-refractivity contribution in [3.8, 4) is 0 Å². The molecule has 2 aliphatic carbocycles. The third-order valence-electron chi connectivity index (χ3n) is 5.47. The summed E-state index contributed by atoms with van der Waals surface area (Å²) in [6.07, 6.45) is 0.671. The third kappa shape index (κ3) is 2.32. The van der Waals surface area contributed by atoms with Crippen molar-refractivity contribution in [1.82, 2.24) is 0 Å². The molecule has 2 fully saturated rings. The van der Waals surface area contributed by atoms with Gasteiger partial charge in [-0.3, -0.25) is 14.4 Å². The van der Waals surface area contributed by atoms with Crippen LogP contribution in [0.4, 0.5) is 0 Å². The Balaban J connectivity index is 1.86. The van der Waals surface area contributed by atoms with Crippen LogP contribution in [0.3, 0.4) is 0 Å². The lowest BCUT2D eigenvalue weighted by Crippen LogP contribution is -2.49. The SMILES string of the molecule is C[C@@H]1CC(=O)C2C(=O)[C@@]1(C(=O)OCc1ccccc1)CC2(C)C. The minimum absolute atomic E-state index is 0.0310. The Morgan fingerprint density at radius 1 is 1.22 bits per heavy atom. The van der Waals surface area contributed by atoms with E-state index in [0.717, 1.165) is 5.56 Å². The second-order valence-electron chi connectivity index (χ2n) is 7.57. The standard InChI is InChI=1S/C19H22O4/c1-12-9-14(20)15-16(21)19(12,11-18(15,2)3)17(22)23-10-13-7-5-4-6-8-13/h4-8,12,15H,9-11H2,1-3H3/t12-,15?,19-/m1/s1. The monoisotopic (exact) mass is 314 g/mol. The molecule has 0 aliphatic heterocycles. The maximum absolute atomic E-state index is 12.9. The summed E-state index contributed by atoms with van der Waals surface area (Å²) in [6.45, 7) is 5.77. The van der Waals surface area contributed by atoms with Crippen molar-refractivity contribution >= 4 is 17.5 Å². The molecular formula is C19H22O4. The summed E-state index contributed by atoms with van der Waals surface area (Å²) in [5.74, 6) is -1.70. The largest absolute Gasteiger partial charge is 0.460 e. The Kier molecular flexibility index (Phi) is 3.66. The van der Waals surface area contributed by atoms with Crippen LogP contribution < -0.4 is 0 Å². The Morgan fingerprint density at radius 3 is 2.52 bits per heavy atom. The number of hydrogen-bond donors (Lipinski definition) is 0. The molecule has 4 heteroatoms. The number of fused-ring (bicyclic) bond motifs is 2. The van der Waals surface area contributed by atoms with Crippen LogP contribution in [0.15, 0.2) is 30.3 Å². The van der Waals surface area contributed by atoms with Crippen LogP contribution in [-0.4, -0.2) is 17.5 Å². The first-order valence-electron chi connectivity index (χ1n) is 8.07. The Morgan fingerprint density at radius 2 is 1.87 bits per heavy atom. The molecule has 2 saturated carbocycles. The summed E-state index contributed by atoms with van der Waals surface area (Å²) >= 11 is 0. The molecule has 4 nitrogen and oxygen atoms in total. The molecule has 1 aromatic carbocycles. The predicted octanol–water partition coefficient (Wildman–Crippen LogP) is 2.94. The molecule has 3 atom stereocenters. The highest BCUT2D eigenvalue weighted by atomic mass is 16.5. The van der Waals surface area contributed by atoms with E-state index in [1.807, 2.05) is 51.1 Å². The van der Waals surface area contributed by atoms with Gasteiger partial charge in [-0.1, -0.05) is 51.1 Å². The second-order valence-corrected chi connectivity index (χ2v) is 7.57. The van der Waals surface area contributed by atoms with E-state index in [0.29, 0.717) is 6.42 Å². The molecule has 2 aliphatic rings. The van der Waals surface area contributed by atoms with Crippen LogP contribution in [0.5, 0.6) is 0 Å². The van der Waals surface area contributed by atoms with E-state index in [4.69, 9.17) is 4.74 Å². The highest BCUT2D eigenvalue weighted by molar-refractivity contribution is 6.18. The van der Waals surface area contributed by atoms with Gasteiger partial charge in [-0.2, -0.15) is 0 Å². The van der Waals surface area contributed by atoms with Gasteiger partial charge in [0.1, 0.15) is 17.8 Å². The van der Waals surface area contributed by atoms with Gasteiger partial charge in [-0.25, -0.2) is 0 Å². The smallest absolute Gasteiger partial charge is 0.320 e. The average molecular weight is 314 g/mol. The van der Waals surface area contributed by atoms with Gasteiger partial charge < -0.3 is 4.74 Å². The van der Waals surface area contributed by atoms with E-state index in [2.05, 4.69) is 0 Å². The molecule has 1 unspecified atom stereocenters. The number of benzene rings is 1. The lowest BCUT2D eigenvalue weighted by molar-refractivity contribution is -0.167. The topological polar surface area (TPSA) is 60.4 Å². The van der Waals surface area contributed by atoms with Crippen LogP contribution in [0.2, 0.25) is 0 Å². The molecule has 0 heterocycles. The number of ether oxygens (including phenoxy) is 1. The molecule has 0 aromatic heterocycles. The zero-order chi connectivity index (χ0) is 16.8. The number of carbonyl (C=O) groups is 3. The second kappa shape index (κ2) is 5.29. The van der Waals surface area contributed by atoms with Crippen LogP contribution in [0.25, 0.3) is 0 Å². The van der Waals surface area contributed by atoms with Crippen molar-refractivity contribution in [3.05, 3.63) is 35.9 Å². The maximum Gasteiger partial charge on any atom is 0.320 e. The zero-order valence-electron chi connectivity index (χ0n) is 13.8. The Bertz CT molecular complexity index is 661. The number of Topliss-reactive ketones (excluding diaryl/α,β-unsaturated/α-hetero) is 2. The molecule has 1 aromatic rings. The maximum atomic E-state index is 12.9. The van der Waals surface area contributed by atoms with E-state index in [9.17, 15) is 14.4 Å². The third-order valence-corrected chi connectivity index (χ3v) is 5.47. The van der Waals surface area contributed by atoms with Crippen LogP contribution in [0.1, 0.15) is 39.2 Å². The van der Waals surface area contributed by atoms with Gasteiger partial charge in [0, 0.05) is 6.42 Å². The average Bonchev–Trinajstić information content (AvgIpc) is 2.67. The highest BCUT2D eigenvalue weighted by Crippen LogP contribution is 2.59. The molecule has 23 heavy (non-hydrogen) atoms. The summed E-state index contributed by atoms with van der Waals surface area (Å²) in [7, 11) is 0. The number of carbonyl (C=O) groups excluding carboxylic acids is 3. The van der Waals surface area contributed by atoms with Crippen LogP contribution in [0, 0.1) is 22.7 Å². The van der Waals surface area contributed by atoms with Gasteiger partial charge in [-0.05, 0) is 23.3 Å². The molecule has 122 valence electrons. The molecular weight excluding hydrogens is 292 g/mol. The summed E-state index contributed by atoms with van der Waals surface area (Å²) in [4.78, 5) is 37.9. The van der Waals surface area contributed by atoms with Gasteiger partial charge in [0.05, 0.1) is 5.92 Å². The Hall–Kier alpha value is -1.97. The fourth-order valence-electron chi connectivity index (χ4n) is 4.34. The van der Waals surface area contributed by atoms with E-state index in [1.165, 1.54) is 0 Å². The van der Waals surface area contributed by atoms with Gasteiger partial charge in [-0.15, -0.1) is 0 Å². The number of ketones is 2. The van der Waals surface area contributed by atoms with Crippen molar-refractivity contribution in [2.24, 2.45) is 22.7 Å². The normalized spacial score (nSPS) is 32.0. The van der Waals surface area contributed by atoms with Crippen molar-refractivity contribution < 1.29 is 19.1 Å². The van der Waals surface area contributed by atoms with Crippen LogP contribution in [-0.2, 0) is 25.7 Å². The summed E-state index contributed by atoms with van der Waals surface area (Å²) in [5.41, 5.74) is -0.750. The first-order valence-corrected chi connectivity index (χ1v) is 8.07. The predicted molar refractivity (Wildman–Crippen MR) is 84.4 cm³/mol. The fraction of sp³-hybridized carbons (Fsp3) is 0.526. The fourth-order valence-corrected chi connectivity index (χ4v) is 4.34. The van der Waals surface area contributed by atoms with Gasteiger partial charge in [0.25, 0.3) is 0 Å². The van der Waals surface area contributed by atoms with Crippen molar-refractivity contribution in [2.45, 2.75) is 40.2 Å². The van der Waals surface area contributed by atoms with E-state index in [1.54, 1.807) is 0 Å². The summed E-state index contributed by atoms with van der Waals surface area (Å²) < 4.78 is 5.49. The van der Waals surface area contributed by atoms with Crippen molar-refractivity contribution in [2.75, 3.05) is 0 Å². The minimum atomic E-state index is -1.16.